The molecule has 0 spiro atoms. The largest absolute Gasteiger partial charge is 0.378 e. The van der Waals surface area contributed by atoms with Crippen molar-refractivity contribution in [2.45, 2.75) is 20.3 Å². The number of halogens is 1. The van der Waals surface area contributed by atoms with Crippen molar-refractivity contribution >= 4 is 11.5 Å². The van der Waals surface area contributed by atoms with Crippen LogP contribution in [0.5, 0.6) is 0 Å². The minimum atomic E-state index is -0.378. The quantitative estimate of drug-likeness (QED) is 0.914. The van der Waals surface area contributed by atoms with Crippen molar-refractivity contribution in [3.63, 3.8) is 0 Å². The fraction of sp³-hybridized carbons (Fsp3) is 0.375. The number of hydrogen-bond acceptors (Lipinski definition) is 4. The van der Waals surface area contributed by atoms with E-state index in [4.69, 9.17) is 0 Å². The molecule has 1 aromatic carbocycles. The van der Waals surface area contributed by atoms with Crippen molar-refractivity contribution in [1.82, 2.24) is 9.97 Å². The van der Waals surface area contributed by atoms with Gasteiger partial charge < -0.3 is 10.2 Å². The van der Waals surface area contributed by atoms with Crippen LogP contribution in [-0.2, 0) is 0 Å². The SMILES string of the molecule is CCCNc1nc(-c2ccc(N(C)C)cc2)nc(C)c1F. The van der Waals surface area contributed by atoms with Crippen molar-refractivity contribution in [3.8, 4) is 11.4 Å². The molecule has 0 aliphatic carbocycles. The zero-order chi connectivity index (χ0) is 15.4. The number of anilines is 2. The molecule has 1 heterocycles. The molecule has 2 rings (SSSR count). The van der Waals surface area contributed by atoms with Gasteiger partial charge in [-0.15, -0.1) is 0 Å². The molecule has 0 fully saturated rings. The molecule has 2 aromatic rings. The lowest BCUT2D eigenvalue weighted by Crippen LogP contribution is -2.09. The van der Waals surface area contributed by atoms with Crippen LogP contribution in [0.15, 0.2) is 24.3 Å². The smallest absolute Gasteiger partial charge is 0.186 e. The van der Waals surface area contributed by atoms with Gasteiger partial charge in [-0.05, 0) is 37.6 Å². The summed E-state index contributed by atoms with van der Waals surface area (Å²) in [5.41, 5.74) is 2.33. The Morgan fingerprint density at radius 1 is 1.14 bits per heavy atom. The van der Waals surface area contributed by atoms with E-state index < -0.39 is 0 Å². The van der Waals surface area contributed by atoms with Gasteiger partial charge in [0, 0.05) is 31.9 Å². The fourth-order valence-electron chi connectivity index (χ4n) is 1.96. The lowest BCUT2D eigenvalue weighted by atomic mass is 10.2. The first-order valence-electron chi connectivity index (χ1n) is 7.08. The van der Waals surface area contributed by atoms with Crippen LogP contribution in [0.4, 0.5) is 15.9 Å². The molecule has 0 aliphatic rings. The van der Waals surface area contributed by atoms with E-state index in [1.165, 1.54) is 0 Å². The van der Waals surface area contributed by atoms with Crippen LogP contribution in [0.25, 0.3) is 11.4 Å². The Bertz CT molecular complexity index is 608. The van der Waals surface area contributed by atoms with Crippen LogP contribution in [0.3, 0.4) is 0 Å². The first-order chi connectivity index (χ1) is 10.0. The van der Waals surface area contributed by atoms with Gasteiger partial charge >= 0.3 is 0 Å². The van der Waals surface area contributed by atoms with Crippen LogP contribution in [-0.4, -0.2) is 30.6 Å². The predicted molar refractivity (Wildman–Crippen MR) is 85.3 cm³/mol. The number of hydrogen-bond donors (Lipinski definition) is 1. The standard InChI is InChI=1S/C16H21FN4/c1-5-10-18-16-14(17)11(2)19-15(20-16)12-6-8-13(9-7-12)21(3)4/h6-9H,5,10H2,1-4H3,(H,18,19,20). The molecule has 4 nitrogen and oxygen atoms in total. The molecule has 21 heavy (non-hydrogen) atoms. The second-order valence-corrected chi connectivity index (χ2v) is 5.16. The number of aromatic nitrogens is 2. The van der Waals surface area contributed by atoms with Crippen molar-refractivity contribution in [1.29, 1.82) is 0 Å². The maximum Gasteiger partial charge on any atom is 0.186 e. The zero-order valence-corrected chi connectivity index (χ0v) is 12.9. The molecule has 0 amide bonds. The Hall–Kier alpha value is -2.17. The number of aryl methyl sites for hydroxylation is 1. The average Bonchev–Trinajstić information content (AvgIpc) is 2.48. The highest BCUT2D eigenvalue weighted by Gasteiger charge is 2.12. The van der Waals surface area contributed by atoms with E-state index >= 15 is 0 Å². The van der Waals surface area contributed by atoms with E-state index in [-0.39, 0.29) is 11.6 Å². The van der Waals surface area contributed by atoms with Crippen molar-refractivity contribution in [3.05, 3.63) is 35.8 Å². The topological polar surface area (TPSA) is 41.1 Å². The van der Waals surface area contributed by atoms with E-state index in [0.717, 1.165) is 17.7 Å². The van der Waals surface area contributed by atoms with Crippen LogP contribution in [0.1, 0.15) is 19.0 Å². The molecule has 1 N–H and O–H groups in total. The first kappa shape index (κ1) is 15.2. The Balaban J connectivity index is 2.36. The zero-order valence-electron chi connectivity index (χ0n) is 12.9. The number of nitrogens with one attached hydrogen (secondary N) is 1. The molecule has 0 unspecified atom stereocenters. The minimum Gasteiger partial charge on any atom is -0.378 e. The summed E-state index contributed by atoms with van der Waals surface area (Å²) >= 11 is 0. The second kappa shape index (κ2) is 6.52. The summed E-state index contributed by atoms with van der Waals surface area (Å²) in [4.78, 5) is 10.6. The monoisotopic (exact) mass is 288 g/mol. The maximum absolute atomic E-state index is 14.0. The lowest BCUT2D eigenvalue weighted by Gasteiger charge is -2.13. The van der Waals surface area contributed by atoms with Crippen LogP contribution >= 0.6 is 0 Å². The third kappa shape index (κ3) is 3.48. The third-order valence-corrected chi connectivity index (χ3v) is 3.20. The summed E-state index contributed by atoms with van der Waals surface area (Å²) in [6, 6.07) is 7.89. The van der Waals surface area contributed by atoms with Crippen molar-refractivity contribution in [2.75, 3.05) is 30.9 Å². The van der Waals surface area contributed by atoms with Gasteiger partial charge in [-0.1, -0.05) is 6.92 Å². The molecule has 0 saturated carbocycles. The number of rotatable bonds is 5. The number of nitrogens with zero attached hydrogens (tertiary/aromatic N) is 3. The Kier molecular flexibility index (Phi) is 4.73. The van der Waals surface area contributed by atoms with Gasteiger partial charge in [0.1, 0.15) is 0 Å². The molecule has 0 bridgehead atoms. The van der Waals surface area contributed by atoms with E-state index in [1.807, 2.05) is 50.2 Å². The Labute approximate surface area is 125 Å². The normalized spacial score (nSPS) is 10.5. The third-order valence-electron chi connectivity index (χ3n) is 3.20. The van der Waals surface area contributed by atoms with E-state index in [1.54, 1.807) is 6.92 Å². The Morgan fingerprint density at radius 3 is 2.38 bits per heavy atom. The van der Waals surface area contributed by atoms with Crippen LogP contribution in [0, 0.1) is 12.7 Å². The molecule has 0 atom stereocenters. The van der Waals surface area contributed by atoms with E-state index in [2.05, 4.69) is 15.3 Å². The molecule has 1 aromatic heterocycles. The minimum absolute atomic E-state index is 0.274. The van der Waals surface area contributed by atoms with Gasteiger partial charge in [0.15, 0.2) is 17.5 Å². The van der Waals surface area contributed by atoms with Gasteiger partial charge in [0.25, 0.3) is 0 Å². The van der Waals surface area contributed by atoms with E-state index in [0.29, 0.717) is 18.1 Å². The highest BCUT2D eigenvalue weighted by Crippen LogP contribution is 2.23. The molecular weight excluding hydrogens is 267 g/mol. The van der Waals surface area contributed by atoms with Crippen molar-refractivity contribution in [2.24, 2.45) is 0 Å². The summed E-state index contributed by atoms with van der Waals surface area (Å²) < 4.78 is 14.0. The highest BCUT2D eigenvalue weighted by atomic mass is 19.1. The summed E-state index contributed by atoms with van der Waals surface area (Å²) in [5, 5.41) is 3.01. The van der Waals surface area contributed by atoms with Crippen molar-refractivity contribution < 1.29 is 4.39 Å². The molecule has 0 saturated heterocycles. The number of benzene rings is 1. The molecule has 5 heteroatoms. The van der Waals surface area contributed by atoms with E-state index in [9.17, 15) is 4.39 Å². The molecular formula is C16H21FN4. The van der Waals surface area contributed by atoms with Gasteiger partial charge in [0.05, 0.1) is 5.69 Å². The summed E-state index contributed by atoms with van der Waals surface area (Å²) in [6.45, 7) is 4.37. The summed E-state index contributed by atoms with van der Waals surface area (Å²) in [7, 11) is 3.97. The summed E-state index contributed by atoms with van der Waals surface area (Å²) in [5.74, 6) is 0.436. The second-order valence-electron chi connectivity index (χ2n) is 5.16. The lowest BCUT2D eigenvalue weighted by molar-refractivity contribution is 0.605. The Morgan fingerprint density at radius 2 is 1.81 bits per heavy atom. The molecule has 0 aliphatic heterocycles. The van der Waals surface area contributed by atoms with Crippen LogP contribution < -0.4 is 10.2 Å². The predicted octanol–water partition coefficient (Wildman–Crippen LogP) is 3.48. The summed E-state index contributed by atoms with van der Waals surface area (Å²) in [6.07, 6.45) is 0.912. The molecule has 112 valence electrons. The van der Waals surface area contributed by atoms with Gasteiger partial charge in [0.2, 0.25) is 0 Å². The van der Waals surface area contributed by atoms with Gasteiger partial charge in [-0.3, -0.25) is 0 Å². The molecule has 0 radical (unpaired) electrons. The highest BCUT2D eigenvalue weighted by molar-refractivity contribution is 5.62. The van der Waals surface area contributed by atoms with Gasteiger partial charge in [-0.25, -0.2) is 14.4 Å². The fourth-order valence-corrected chi connectivity index (χ4v) is 1.96. The maximum atomic E-state index is 14.0. The van der Waals surface area contributed by atoms with Crippen LogP contribution in [0.2, 0.25) is 0 Å². The van der Waals surface area contributed by atoms with Gasteiger partial charge in [-0.2, -0.15) is 0 Å². The first-order valence-corrected chi connectivity index (χ1v) is 7.08. The average molecular weight is 288 g/mol.